The van der Waals surface area contributed by atoms with Crippen molar-refractivity contribution >= 4 is 16.8 Å². The summed E-state index contributed by atoms with van der Waals surface area (Å²) in [5, 5.41) is 9.10. The summed E-state index contributed by atoms with van der Waals surface area (Å²) in [6, 6.07) is 9.59. The van der Waals surface area contributed by atoms with E-state index in [1.54, 1.807) is 0 Å². The molecular formula is C22H30N4O2. The van der Waals surface area contributed by atoms with E-state index in [1.165, 1.54) is 19.3 Å². The summed E-state index contributed by atoms with van der Waals surface area (Å²) in [7, 11) is 2.18. The normalized spacial score (nSPS) is 29.1. The summed E-state index contributed by atoms with van der Waals surface area (Å²) >= 11 is 0. The lowest BCUT2D eigenvalue weighted by molar-refractivity contribution is -0.0670. The van der Waals surface area contributed by atoms with E-state index in [9.17, 15) is 4.79 Å². The molecule has 1 aromatic heterocycles. The first-order chi connectivity index (χ1) is 13.7. The lowest BCUT2D eigenvalue weighted by Gasteiger charge is -2.46. The Balaban J connectivity index is 1.39. The number of nitrogens with zero attached hydrogens (tertiary/aromatic N) is 3. The highest BCUT2D eigenvalue weighted by Gasteiger charge is 2.37. The van der Waals surface area contributed by atoms with Crippen LogP contribution in [0.4, 0.5) is 0 Å². The fourth-order valence-electron chi connectivity index (χ4n) is 5.33. The van der Waals surface area contributed by atoms with Gasteiger partial charge in [0.1, 0.15) is 0 Å². The van der Waals surface area contributed by atoms with Gasteiger partial charge in [0.15, 0.2) is 5.69 Å². The van der Waals surface area contributed by atoms with Crippen molar-refractivity contribution in [2.75, 3.05) is 20.3 Å². The third kappa shape index (κ3) is 3.22. The highest BCUT2D eigenvalue weighted by Crippen LogP contribution is 2.32. The molecule has 3 heterocycles. The Morgan fingerprint density at radius 3 is 2.54 bits per heavy atom. The number of carbonyl (C=O) groups excluding carboxylic acids is 1. The molecule has 0 spiro atoms. The van der Waals surface area contributed by atoms with Crippen molar-refractivity contribution in [3.8, 4) is 0 Å². The summed E-state index contributed by atoms with van der Waals surface area (Å²) in [6.45, 7) is 1.53. The van der Waals surface area contributed by atoms with Gasteiger partial charge in [0, 0.05) is 23.5 Å². The molecule has 1 aromatic carbocycles. The smallest absolute Gasteiger partial charge is 0.272 e. The minimum Gasteiger partial charge on any atom is -0.378 e. The number of amides is 1. The van der Waals surface area contributed by atoms with Gasteiger partial charge in [-0.1, -0.05) is 37.5 Å². The number of hydrogen-bond donors (Lipinski definition) is 1. The van der Waals surface area contributed by atoms with Crippen molar-refractivity contribution in [2.24, 2.45) is 0 Å². The molecule has 2 unspecified atom stereocenters. The van der Waals surface area contributed by atoms with E-state index >= 15 is 0 Å². The van der Waals surface area contributed by atoms with Crippen LogP contribution >= 0.6 is 0 Å². The third-order valence-electron chi connectivity index (χ3n) is 6.97. The van der Waals surface area contributed by atoms with Crippen LogP contribution in [0, 0.1) is 0 Å². The van der Waals surface area contributed by atoms with E-state index in [0.29, 0.717) is 23.8 Å². The Bertz CT molecular complexity index is 843. The van der Waals surface area contributed by atoms with Gasteiger partial charge in [0.25, 0.3) is 5.91 Å². The summed E-state index contributed by atoms with van der Waals surface area (Å²) in [4.78, 5) is 15.6. The Kier molecular flexibility index (Phi) is 4.85. The van der Waals surface area contributed by atoms with Crippen LogP contribution in [0.2, 0.25) is 0 Å². The van der Waals surface area contributed by atoms with Crippen LogP contribution in [0.1, 0.15) is 61.5 Å². The lowest BCUT2D eigenvalue weighted by atomic mass is 9.90. The first kappa shape index (κ1) is 18.1. The molecule has 1 amide bonds. The standard InChI is InChI=1S/C22H30N4O2/c1-25-17-11-15(12-18(25)14-28-13-17)23-22(27)21-19-9-5-6-10-20(19)26(24-21)16-7-3-2-4-8-16/h5-6,9-10,15-18H,2-4,7-8,11-14H2,1H3,(H,23,27). The van der Waals surface area contributed by atoms with Crippen LogP contribution in [0.25, 0.3) is 10.9 Å². The molecule has 150 valence electrons. The van der Waals surface area contributed by atoms with Crippen molar-refractivity contribution in [2.45, 2.75) is 69.1 Å². The average Bonchev–Trinajstić information content (AvgIpc) is 3.09. The molecule has 2 atom stereocenters. The van der Waals surface area contributed by atoms with Gasteiger partial charge < -0.3 is 10.1 Å². The SMILES string of the molecule is CN1C2COCC1CC(NC(=O)c1nn(C3CCCCC3)c3ccccc13)C2. The second-order valence-corrected chi connectivity index (χ2v) is 8.75. The Morgan fingerprint density at radius 1 is 1.07 bits per heavy atom. The van der Waals surface area contributed by atoms with Gasteiger partial charge in [0.05, 0.1) is 24.8 Å². The van der Waals surface area contributed by atoms with E-state index in [-0.39, 0.29) is 11.9 Å². The predicted molar refractivity (Wildman–Crippen MR) is 109 cm³/mol. The van der Waals surface area contributed by atoms with Gasteiger partial charge in [0.2, 0.25) is 0 Å². The monoisotopic (exact) mass is 382 g/mol. The van der Waals surface area contributed by atoms with Gasteiger partial charge in [-0.2, -0.15) is 5.10 Å². The number of likely N-dealkylation sites (N-methyl/N-ethyl adjacent to an activating group) is 1. The van der Waals surface area contributed by atoms with E-state index in [1.807, 2.05) is 18.2 Å². The number of para-hydroxylation sites is 1. The third-order valence-corrected chi connectivity index (χ3v) is 6.97. The molecule has 1 aliphatic carbocycles. The molecule has 2 aromatic rings. The molecule has 3 fully saturated rings. The number of hydrogen-bond acceptors (Lipinski definition) is 4. The van der Waals surface area contributed by atoms with Gasteiger partial charge in [-0.3, -0.25) is 14.4 Å². The molecule has 6 nitrogen and oxygen atoms in total. The van der Waals surface area contributed by atoms with Crippen molar-refractivity contribution in [1.29, 1.82) is 0 Å². The lowest BCUT2D eigenvalue weighted by Crippen LogP contribution is -2.59. The van der Waals surface area contributed by atoms with E-state index in [4.69, 9.17) is 9.84 Å². The molecule has 2 bridgehead atoms. The molecule has 5 rings (SSSR count). The highest BCUT2D eigenvalue weighted by atomic mass is 16.5. The Morgan fingerprint density at radius 2 is 1.79 bits per heavy atom. The second kappa shape index (κ2) is 7.48. The van der Waals surface area contributed by atoms with Crippen molar-refractivity contribution in [3.05, 3.63) is 30.0 Å². The molecule has 6 heteroatoms. The molecule has 3 aliphatic rings. The summed E-state index contributed by atoms with van der Waals surface area (Å²) < 4.78 is 7.83. The molecule has 2 aliphatic heterocycles. The van der Waals surface area contributed by atoms with Gasteiger partial charge in [-0.05, 0) is 38.8 Å². The number of aromatic nitrogens is 2. The number of benzene rings is 1. The quantitative estimate of drug-likeness (QED) is 0.886. The van der Waals surface area contributed by atoms with E-state index in [2.05, 4.69) is 28.0 Å². The van der Waals surface area contributed by atoms with Crippen molar-refractivity contribution in [3.63, 3.8) is 0 Å². The minimum absolute atomic E-state index is 0.0284. The fraction of sp³-hybridized carbons (Fsp3) is 0.636. The van der Waals surface area contributed by atoms with Gasteiger partial charge >= 0.3 is 0 Å². The van der Waals surface area contributed by atoms with Crippen LogP contribution in [0.15, 0.2) is 24.3 Å². The number of rotatable bonds is 3. The first-order valence-corrected chi connectivity index (χ1v) is 10.8. The highest BCUT2D eigenvalue weighted by molar-refractivity contribution is 6.05. The van der Waals surface area contributed by atoms with Gasteiger partial charge in [-0.15, -0.1) is 0 Å². The molecule has 28 heavy (non-hydrogen) atoms. The molecule has 2 saturated heterocycles. The summed E-state index contributed by atoms with van der Waals surface area (Å²) in [5.41, 5.74) is 1.68. The number of nitrogens with one attached hydrogen (secondary N) is 1. The zero-order valence-electron chi connectivity index (χ0n) is 16.6. The van der Waals surface area contributed by atoms with Crippen LogP contribution in [-0.4, -0.2) is 59.0 Å². The predicted octanol–water partition coefficient (Wildman–Crippen LogP) is 3.13. The van der Waals surface area contributed by atoms with E-state index in [0.717, 1.165) is 49.8 Å². The summed E-state index contributed by atoms with van der Waals surface area (Å²) in [6.07, 6.45) is 8.02. The van der Waals surface area contributed by atoms with Crippen LogP contribution in [0.5, 0.6) is 0 Å². The van der Waals surface area contributed by atoms with Crippen molar-refractivity contribution < 1.29 is 9.53 Å². The van der Waals surface area contributed by atoms with Crippen LogP contribution < -0.4 is 5.32 Å². The topological polar surface area (TPSA) is 59.4 Å². The number of carbonyl (C=O) groups is 1. The average molecular weight is 383 g/mol. The molecule has 0 radical (unpaired) electrons. The number of ether oxygens (including phenoxy) is 1. The zero-order valence-corrected chi connectivity index (χ0v) is 16.6. The number of fused-ring (bicyclic) bond motifs is 3. The number of piperidine rings is 1. The summed E-state index contributed by atoms with van der Waals surface area (Å²) in [5.74, 6) is -0.0284. The fourth-order valence-corrected chi connectivity index (χ4v) is 5.33. The Hall–Kier alpha value is -1.92. The van der Waals surface area contributed by atoms with Crippen molar-refractivity contribution in [1.82, 2.24) is 20.0 Å². The second-order valence-electron chi connectivity index (χ2n) is 8.75. The number of morpholine rings is 1. The maximum absolute atomic E-state index is 13.2. The van der Waals surface area contributed by atoms with E-state index < -0.39 is 0 Å². The Labute approximate surface area is 166 Å². The minimum atomic E-state index is -0.0284. The van der Waals surface area contributed by atoms with Gasteiger partial charge in [-0.25, -0.2) is 0 Å². The molecule has 1 N–H and O–H groups in total. The molecule has 1 saturated carbocycles. The largest absolute Gasteiger partial charge is 0.378 e. The zero-order chi connectivity index (χ0) is 19.1. The molecular weight excluding hydrogens is 352 g/mol. The maximum Gasteiger partial charge on any atom is 0.272 e. The maximum atomic E-state index is 13.2. The first-order valence-electron chi connectivity index (χ1n) is 10.8. The van der Waals surface area contributed by atoms with Crippen LogP contribution in [0.3, 0.4) is 0 Å². The van der Waals surface area contributed by atoms with Crippen LogP contribution in [-0.2, 0) is 4.74 Å².